The SMILES string of the molecule is CCCN1C(=O)C(=O)/C(=C(\O)c2ccc(C)cc2)C1c1ccccc1. The van der Waals surface area contributed by atoms with Crippen molar-refractivity contribution in [2.24, 2.45) is 0 Å². The molecule has 4 nitrogen and oxygen atoms in total. The van der Waals surface area contributed by atoms with Gasteiger partial charge in [-0.25, -0.2) is 0 Å². The zero-order valence-electron chi connectivity index (χ0n) is 14.4. The molecule has 0 aliphatic carbocycles. The molecule has 0 aromatic heterocycles. The number of benzene rings is 2. The molecule has 0 radical (unpaired) electrons. The molecule has 3 rings (SSSR count). The predicted molar refractivity (Wildman–Crippen MR) is 96.9 cm³/mol. The number of nitrogens with zero attached hydrogens (tertiary/aromatic N) is 1. The first-order valence-electron chi connectivity index (χ1n) is 8.45. The molecule has 1 N–H and O–H groups in total. The molecule has 1 amide bonds. The summed E-state index contributed by atoms with van der Waals surface area (Å²) in [4.78, 5) is 26.7. The van der Waals surface area contributed by atoms with Gasteiger partial charge in [0.05, 0.1) is 11.6 Å². The topological polar surface area (TPSA) is 57.6 Å². The largest absolute Gasteiger partial charge is 0.507 e. The Labute approximate surface area is 147 Å². The highest BCUT2D eigenvalue weighted by Crippen LogP contribution is 2.39. The van der Waals surface area contributed by atoms with E-state index in [1.54, 1.807) is 17.0 Å². The van der Waals surface area contributed by atoms with Gasteiger partial charge in [0.25, 0.3) is 11.7 Å². The zero-order chi connectivity index (χ0) is 18.0. The summed E-state index contributed by atoms with van der Waals surface area (Å²) in [6.45, 7) is 4.38. The summed E-state index contributed by atoms with van der Waals surface area (Å²) in [7, 11) is 0. The minimum absolute atomic E-state index is 0.120. The van der Waals surface area contributed by atoms with E-state index in [2.05, 4.69) is 0 Å². The normalized spacial score (nSPS) is 19.4. The average molecular weight is 335 g/mol. The molecule has 2 aromatic carbocycles. The third kappa shape index (κ3) is 3.07. The smallest absolute Gasteiger partial charge is 0.295 e. The number of carbonyl (C=O) groups is 2. The highest BCUT2D eigenvalue weighted by atomic mass is 16.3. The second-order valence-corrected chi connectivity index (χ2v) is 6.27. The van der Waals surface area contributed by atoms with E-state index in [-0.39, 0.29) is 11.3 Å². The maximum atomic E-state index is 12.6. The highest BCUT2D eigenvalue weighted by Gasteiger charge is 2.45. The van der Waals surface area contributed by atoms with Crippen LogP contribution in [0.1, 0.15) is 36.1 Å². The van der Waals surface area contributed by atoms with Crippen LogP contribution in [0.4, 0.5) is 0 Å². The summed E-state index contributed by atoms with van der Waals surface area (Å²) >= 11 is 0. The van der Waals surface area contributed by atoms with Crippen LogP contribution < -0.4 is 0 Å². The number of amides is 1. The number of carbonyl (C=O) groups excluding carboxylic acids is 2. The summed E-state index contributed by atoms with van der Waals surface area (Å²) in [6, 6.07) is 16.1. The number of likely N-dealkylation sites (tertiary alicyclic amines) is 1. The Kier molecular flexibility index (Phi) is 4.70. The summed E-state index contributed by atoms with van der Waals surface area (Å²) in [5.41, 5.74) is 2.58. The summed E-state index contributed by atoms with van der Waals surface area (Å²) < 4.78 is 0. The fourth-order valence-electron chi connectivity index (χ4n) is 3.20. The van der Waals surface area contributed by atoms with Crippen LogP contribution in [0.25, 0.3) is 5.76 Å². The van der Waals surface area contributed by atoms with Crippen molar-refractivity contribution in [1.82, 2.24) is 4.90 Å². The van der Waals surface area contributed by atoms with Crippen LogP contribution in [0.3, 0.4) is 0 Å². The van der Waals surface area contributed by atoms with Gasteiger partial charge in [0, 0.05) is 12.1 Å². The van der Waals surface area contributed by atoms with Crippen molar-refractivity contribution in [3.05, 3.63) is 76.9 Å². The predicted octanol–water partition coefficient (Wildman–Crippen LogP) is 3.83. The second-order valence-electron chi connectivity index (χ2n) is 6.27. The van der Waals surface area contributed by atoms with Crippen LogP contribution in [0.5, 0.6) is 0 Å². The summed E-state index contributed by atoms with van der Waals surface area (Å²) in [5, 5.41) is 10.8. The first-order valence-corrected chi connectivity index (χ1v) is 8.45. The van der Waals surface area contributed by atoms with Gasteiger partial charge in [-0.05, 0) is 18.9 Å². The van der Waals surface area contributed by atoms with Gasteiger partial charge >= 0.3 is 0 Å². The molecule has 2 aromatic rings. The fourth-order valence-corrected chi connectivity index (χ4v) is 3.20. The summed E-state index contributed by atoms with van der Waals surface area (Å²) in [6.07, 6.45) is 0.737. The maximum absolute atomic E-state index is 12.6. The fraction of sp³-hybridized carbons (Fsp3) is 0.238. The van der Waals surface area contributed by atoms with Gasteiger partial charge in [-0.3, -0.25) is 9.59 Å². The number of aryl methyl sites for hydroxylation is 1. The van der Waals surface area contributed by atoms with Crippen molar-refractivity contribution in [2.75, 3.05) is 6.54 Å². The van der Waals surface area contributed by atoms with E-state index in [4.69, 9.17) is 0 Å². The number of hydrogen-bond acceptors (Lipinski definition) is 3. The number of hydrogen-bond donors (Lipinski definition) is 1. The van der Waals surface area contributed by atoms with Crippen LogP contribution in [0.15, 0.2) is 60.2 Å². The van der Waals surface area contributed by atoms with E-state index < -0.39 is 17.7 Å². The molecule has 1 unspecified atom stereocenters. The lowest BCUT2D eigenvalue weighted by Crippen LogP contribution is -2.30. The van der Waals surface area contributed by atoms with E-state index in [1.807, 2.05) is 56.3 Å². The molecule has 0 saturated carbocycles. The lowest BCUT2D eigenvalue weighted by Gasteiger charge is -2.24. The van der Waals surface area contributed by atoms with Crippen LogP contribution in [0.2, 0.25) is 0 Å². The summed E-state index contributed by atoms with van der Waals surface area (Å²) in [5.74, 6) is -1.30. The Hall–Kier alpha value is -2.88. The van der Waals surface area contributed by atoms with E-state index in [0.29, 0.717) is 12.1 Å². The van der Waals surface area contributed by atoms with Crippen molar-refractivity contribution in [3.8, 4) is 0 Å². The lowest BCUT2D eigenvalue weighted by atomic mass is 9.95. The van der Waals surface area contributed by atoms with Gasteiger partial charge in [0.15, 0.2) is 0 Å². The monoisotopic (exact) mass is 335 g/mol. The molecule has 0 spiro atoms. The van der Waals surface area contributed by atoms with Crippen molar-refractivity contribution < 1.29 is 14.7 Å². The van der Waals surface area contributed by atoms with Gasteiger partial charge in [0.1, 0.15) is 5.76 Å². The Balaban J connectivity index is 2.17. The Morgan fingerprint density at radius 2 is 1.68 bits per heavy atom. The van der Waals surface area contributed by atoms with Crippen LogP contribution in [-0.4, -0.2) is 28.2 Å². The molecule has 1 saturated heterocycles. The third-order valence-electron chi connectivity index (χ3n) is 4.44. The number of Topliss-reactive ketones (excluding diaryl/α,β-unsaturated/α-hetero) is 1. The highest BCUT2D eigenvalue weighted by molar-refractivity contribution is 6.46. The quantitative estimate of drug-likeness (QED) is 0.525. The zero-order valence-corrected chi connectivity index (χ0v) is 14.4. The second kappa shape index (κ2) is 6.93. The third-order valence-corrected chi connectivity index (χ3v) is 4.44. The van der Waals surface area contributed by atoms with Crippen LogP contribution in [0, 0.1) is 6.92 Å². The molecule has 1 atom stereocenters. The molecule has 1 aliphatic rings. The molecule has 0 bridgehead atoms. The maximum Gasteiger partial charge on any atom is 0.295 e. The molecule has 4 heteroatoms. The van der Waals surface area contributed by atoms with Gasteiger partial charge < -0.3 is 10.0 Å². The van der Waals surface area contributed by atoms with Crippen molar-refractivity contribution in [1.29, 1.82) is 0 Å². The number of rotatable bonds is 4. The van der Waals surface area contributed by atoms with Crippen molar-refractivity contribution in [2.45, 2.75) is 26.3 Å². The van der Waals surface area contributed by atoms with Gasteiger partial charge in [-0.1, -0.05) is 67.1 Å². The van der Waals surface area contributed by atoms with E-state index >= 15 is 0 Å². The molecule has 1 fully saturated rings. The van der Waals surface area contributed by atoms with E-state index in [0.717, 1.165) is 17.5 Å². The molecular weight excluding hydrogens is 314 g/mol. The number of ketones is 1. The number of aliphatic hydroxyl groups excluding tert-OH is 1. The van der Waals surface area contributed by atoms with Gasteiger partial charge in [-0.2, -0.15) is 0 Å². The first kappa shape index (κ1) is 17.0. The van der Waals surface area contributed by atoms with Gasteiger partial charge in [-0.15, -0.1) is 0 Å². The standard InChI is InChI=1S/C21H21NO3/c1-3-13-22-18(15-7-5-4-6-8-15)17(20(24)21(22)25)19(23)16-11-9-14(2)10-12-16/h4-12,18,23H,3,13H2,1-2H3/b19-17-. The van der Waals surface area contributed by atoms with E-state index in [9.17, 15) is 14.7 Å². The number of aliphatic hydroxyl groups is 1. The molecule has 1 heterocycles. The molecule has 128 valence electrons. The lowest BCUT2D eigenvalue weighted by molar-refractivity contribution is -0.139. The average Bonchev–Trinajstić information content (AvgIpc) is 2.88. The Morgan fingerprint density at radius 1 is 1.04 bits per heavy atom. The molecule has 25 heavy (non-hydrogen) atoms. The molecule has 1 aliphatic heterocycles. The van der Waals surface area contributed by atoms with Crippen LogP contribution in [-0.2, 0) is 9.59 Å². The minimum atomic E-state index is -0.625. The van der Waals surface area contributed by atoms with Gasteiger partial charge in [0.2, 0.25) is 0 Å². The Morgan fingerprint density at radius 3 is 2.28 bits per heavy atom. The van der Waals surface area contributed by atoms with E-state index in [1.165, 1.54) is 0 Å². The van der Waals surface area contributed by atoms with Crippen molar-refractivity contribution in [3.63, 3.8) is 0 Å². The first-order chi connectivity index (χ1) is 12.0. The Bertz CT molecular complexity index is 822. The van der Waals surface area contributed by atoms with Crippen molar-refractivity contribution >= 4 is 17.4 Å². The molecular formula is C21H21NO3. The van der Waals surface area contributed by atoms with Crippen LogP contribution >= 0.6 is 0 Å². The minimum Gasteiger partial charge on any atom is -0.507 e.